The van der Waals surface area contributed by atoms with Crippen molar-refractivity contribution in [3.63, 3.8) is 0 Å². The van der Waals surface area contributed by atoms with E-state index in [-0.39, 0.29) is 4.90 Å². The van der Waals surface area contributed by atoms with Gasteiger partial charge in [-0.15, -0.1) is 0 Å². The summed E-state index contributed by atoms with van der Waals surface area (Å²) in [6.45, 7) is 5.17. The van der Waals surface area contributed by atoms with Crippen LogP contribution in [0.5, 0.6) is 0 Å². The Labute approximate surface area is 150 Å². The molecule has 0 unspecified atom stereocenters. The molecule has 0 aliphatic heterocycles. The zero-order chi connectivity index (χ0) is 19.7. The van der Waals surface area contributed by atoms with E-state index in [1.807, 2.05) is 0 Å². The topological polar surface area (TPSA) is 127 Å². The lowest BCUT2D eigenvalue weighted by molar-refractivity contribution is -0.385. The summed E-state index contributed by atoms with van der Waals surface area (Å²) in [7, 11) is -3.69. The maximum Gasteiger partial charge on any atom is 0.342 e. The quantitative estimate of drug-likeness (QED) is 0.608. The third kappa shape index (κ3) is 4.44. The van der Waals surface area contributed by atoms with Gasteiger partial charge in [-0.2, -0.15) is 0 Å². The third-order valence-electron chi connectivity index (χ3n) is 3.36. The predicted molar refractivity (Wildman–Crippen MR) is 95.6 cm³/mol. The van der Waals surface area contributed by atoms with Crippen LogP contribution in [0.1, 0.15) is 31.1 Å². The fourth-order valence-electron chi connectivity index (χ4n) is 2.33. The molecule has 0 aliphatic carbocycles. The number of nitrogens with zero attached hydrogens (tertiary/aromatic N) is 1. The monoisotopic (exact) mass is 378 g/mol. The highest BCUT2D eigenvalue weighted by Gasteiger charge is 2.23. The van der Waals surface area contributed by atoms with Crippen molar-refractivity contribution >= 4 is 21.7 Å². The Kier molecular flexibility index (Phi) is 5.15. The van der Waals surface area contributed by atoms with Gasteiger partial charge in [-0.3, -0.25) is 10.1 Å². The van der Waals surface area contributed by atoms with Gasteiger partial charge in [0, 0.05) is 11.6 Å². The molecule has 0 fully saturated rings. The molecule has 9 heteroatoms. The van der Waals surface area contributed by atoms with Crippen molar-refractivity contribution in [3.8, 4) is 11.1 Å². The summed E-state index contributed by atoms with van der Waals surface area (Å²) in [4.78, 5) is 21.4. The van der Waals surface area contributed by atoms with Crippen LogP contribution in [-0.4, -0.2) is 30.0 Å². The normalized spacial score (nSPS) is 12.0. The van der Waals surface area contributed by atoms with E-state index in [0.29, 0.717) is 11.1 Å². The number of rotatable bonds is 5. The number of sulfonamides is 1. The van der Waals surface area contributed by atoms with Crippen molar-refractivity contribution in [1.82, 2.24) is 4.72 Å². The first-order chi connectivity index (χ1) is 11.9. The minimum Gasteiger partial charge on any atom is -0.477 e. The minimum atomic E-state index is -3.69. The largest absolute Gasteiger partial charge is 0.477 e. The van der Waals surface area contributed by atoms with E-state index >= 15 is 0 Å². The number of nitro benzene ring substituents is 1. The summed E-state index contributed by atoms with van der Waals surface area (Å²) in [5.41, 5.74) is -0.632. The highest BCUT2D eigenvalue weighted by molar-refractivity contribution is 7.89. The molecular weight excluding hydrogens is 360 g/mol. The van der Waals surface area contributed by atoms with E-state index in [1.165, 1.54) is 30.3 Å². The van der Waals surface area contributed by atoms with Gasteiger partial charge in [-0.1, -0.05) is 18.2 Å². The number of benzene rings is 2. The Morgan fingerprint density at radius 2 is 1.62 bits per heavy atom. The second-order valence-electron chi connectivity index (χ2n) is 6.67. The van der Waals surface area contributed by atoms with Gasteiger partial charge in [-0.25, -0.2) is 17.9 Å². The van der Waals surface area contributed by atoms with Gasteiger partial charge in [0.15, 0.2) is 0 Å². The maximum absolute atomic E-state index is 12.3. The van der Waals surface area contributed by atoms with E-state index in [0.717, 1.165) is 12.1 Å². The molecule has 0 amide bonds. The number of hydrogen-bond acceptors (Lipinski definition) is 5. The SMILES string of the molecule is CC(C)(C)NS(=O)(=O)c1ccc(-c2ccc(C(=O)O)c([N+](=O)[O-])c2)cc1. The first-order valence-corrected chi connectivity index (χ1v) is 9.05. The second kappa shape index (κ2) is 6.85. The Morgan fingerprint density at radius 1 is 1.08 bits per heavy atom. The van der Waals surface area contributed by atoms with Crippen molar-refractivity contribution in [1.29, 1.82) is 0 Å². The number of carboxylic acid groups (broad SMARTS) is 1. The molecule has 0 saturated heterocycles. The highest BCUT2D eigenvalue weighted by atomic mass is 32.2. The summed E-state index contributed by atoms with van der Waals surface area (Å²) in [6, 6.07) is 9.55. The number of nitro groups is 1. The summed E-state index contributed by atoms with van der Waals surface area (Å²) in [6.07, 6.45) is 0. The van der Waals surface area contributed by atoms with Crippen LogP contribution in [0.3, 0.4) is 0 Å². The summed E-state index contributed by atoms with van der Waals surface area (Å²) in [5, 5.41) is 20.1. The van der Waals surface area contributed by atoms with Crippen molar-refractivity contribution in [3.05, 3.63) is 58.1 Å². The molecule has 0 aliphatic rings. The van der Waals surface area contributed by atoms with Crippen LogP contribution in [-0.2, 0) is 10.0 Å². The molecule has 0 heterocycles. The average molecular weight is 378 g/mol. The molecule has 138 valence electrons. The van der Waals surface area contributed by atoms with Crippen LogP contribution in [0.4, 0.5) is 5.69 Å². The molecule has 0 saturated carbocycles. The van der Waals surface area contributed by atoms with Crippen molar-refractivity contribution < 1.29 is 23.2 Å². The molecule has 0 aromatic heterocycles. The fraction of sp³-hybridized carbons (Fsp3) is 0.235. The molecule has 26 heavy (non-hydrogen) atoms. The molecule has 8 nitrogen and oxygen atoms in total. The predicted octanol–water partition coefficient (Wildman–Crippen LogP) is 3.04. The fourth-order valence-corrected chi connectivity index (χ4v) is 3.75. The molecular formula is C17H18N2O6S. The Hall–Kier alpha value is -2.78. The maximum atomic E-state index is 12.3. The van der Waals surface area contributed by atoms with Crippen molar-refractivity contribution in [2.24, 2.45) is 0 Å². The van der Waals surface area contributed by atoms with Crippen molar-refractivity contribution in [2.45, 2.75) is 31.2 Å². The highest BCUT2D eigenvalue weighted by Crippen LogP contribution is 2.28. The summed E-state index contributed by atoms with van der Waals surface area (Å²) >= 11 is 0. The number of nitrogens with one attached hydrogen (secondary N) is 1. The van der Waals surface area contributed by atoms with Gasteiger partial charge < -0.3 is 5.11 Å². The van der Waals surface area contributed by atoms with Crippen LogP contribution in [0, 0.1) is 10.1 Å². The smallest absolute Gasteiger partial charge is 0.342 e. The zero-order valence-electron chi connectivity index (χ0n) is 14.4. The van der Waals surface area contributed by atoms with E-state index < -0.39 is 37.7 Å². The molecule has 0 spiro atoms. The number of aromatic carboxylic acids is 1. The summed E-state index contributed by atoms with van der Waals surface area (Å²) < 4.78 is 27.1. The molecule has 2 rings (SSSR count). The van der Waals surface area contributed by atoms with Crippen LogP contribution in [0.25, 0.3) is 11.1 Å². The van der Waals surface area contributed by atoms with Crippen LogP contribution >= 0.6 is 0 Å². The van der Waals surface area contributed by atoms with Gasteiger partial charge in [0.05, 0.1) is 9.82 Å². The molecule has 0 radical (unpaired) electrons. The third-order valence-corrected chi connectivity index (χ3v) is 5.14. The van der Waals surface area contributed by atoms with Crippen LogP contribution in [0.15, 0.2) is 47.4 Å². The Balaban J connectivity index is 2.42. The number of carbonyl (C=O) groups is 1. The molecule has 2 N–H and O–H groups in total. The van der Waals surface area contributed by atoms with Crippen LogP contribution in [0.2, 0.25) is 0 Å². The zero-order valence-corrected chi connectivity index (χ0v) is 15.2. The van der Waals surface area contributed by atoms with Gasteiger partial charge in [-0.05, 0) is 50.1 Å². The minimum absolute atomic E-state index is 0.0628. The Morgan fingerprint density at radius 3 is 2.08 bits per heavy atom. The standard InChI is InChI=1S/C17H18N2O6S/c1-17(2,3)18-26(24,25)13-7-4-11(5-8-13)12-6-9-14(16(20)21)15(10-12)19(22)23/h4-10,18H,1-3H3,(H,20,21). The lowest BCUT2D eigenvalue weighted by Crippen LogP contribution is -2.40. The molecule has 2 aromatic rings. The van der Waals surface area contributed by atoms with E-state index in [1.54, 1.807) is 20.8 Å². The van der Waals surface area contributed by atoms with Gasteiger partial charge >= 0.3 is 5.97 Å². The van der Waals surface area contributed by atoms with Gasteiger partial charge in [0.2, 0.25) is 10.0 Å². The first-order valence-electron chi connectivity index (χ1n) is 7.57. The van der Waals surface area contributed by atoms with Crippen molar-refractivity contribution in [2.75, 3.05) is 0 Å². The summed E-state index contributed by atoms with van der Waals surface area (Å²) in [5.74, 6) is -1.39. The van der Waals surface area contributed by atoms with Crippen LogP contribution < -0.4 is 4.72 Å². The van der Waals surface area contributed by atoms with E-state index in [9.17, 15) is 23.3 Å². The van der Waals surface area contributed by atoms with Gasteiger partial charge in [0.1, 0.15) is 5.56 Å². The number of carboxylic acids is 1. The molecule has 0 atom stereocenters. The lowest BCUT2D eigenvalue weighted by Gasteiger charge is -2.20. The van der Waals surface area contributed by atoms with E-state index in [2.05, 4.69) is 4.72 Å². The Bertz CT molecular complexity index is 960. The number of hydrogen-bond donors (Lipinski definition) is 2. The van der Waals surface area contributed by atoms with E-state index in [4.69, 9.17) is 5.11 Å². The van der Waals surface area contributed by atoms with Gasteiger partial charge in [0.25, 0.3) is 5.69 Å². The molecule has 2 aromatic carbocycles. The average Bonchev–Trinajstić information content (AvgIpc) is 2.52. The molecule has 0 bridgehead atoms. The first kappa shape index (κ1) is 19.5. The lowest BCUT2D eigenvalue weighted by atomic mass is 10.0. The second-order valence-corrected chi connectivity index (χ2v) is 8.36.